The van der Waals surface area contributed by atoms with Crippen LogP contribution in [0, 0.1) is 5.92 Å². The van der Waals surface area contributed by atoms with Crippen molar-refractivity contribution in [3.63, 3.8) is 0 Å². The fourth-order valence-corrected chi connectivity index (χ4v) is 1.67. The summed E-state index contributed by atoms with van der Waals surface area (Å²) in [6, 6.07) is 5.16. The molecule has 0 aliphatic heterocycles. The molecule has 0 amide bonds. The lowest BCUT2D eigenvalue weighted by atomic mass is 10.1. The minimum atomic E-state index is 0.262. The summed E-state index contributed by atoms with van der Waals surface area (Å²) in [5.74, 6) is 1.74. The van der Waals surface area contributed by atoms with Gasteiger partial charge < -0.3 is 15.8 Å². The average Bonchev–Trinajstić information content (AvgIpc) is 2.67. The van der Waals surface area contributed by atoms with E-state index in [1.165, 1.54) is 0 Å². The summed E-state index contributed by atoms with van der Waals surface area (Å²) in [7, 11) is 0. The van der Waals surface area contributed by atoms with Crippen LogP contribution in [0.3, 0.4) is 0 Å². The van der Waals surface area contributed by atoms with Crippen LogP contribution in [0.25, 0.3) is 11.0 Å². The van der Waals surface area contributed by atoms with Gasteiger partial charge in [-0.05, 0) is 31.0 Å². The number of H-pyrrole nitrogens is 1. The Balaban J connectivity index is 2.13. The molecule has 1 atom stereocenters. The number of nitrogens with two attached hydrogens (primary N) is 1. The second-order valence-corrected chi connectivity index (χ2v) is 4.26. The maximum Gasteiger partial charge on any atom is 0.117 e. The quantitative estimate of drug-likeness (QED) is 0.734. The lowest BCUT2D eigenvalue weighted by Crippen LogP contribution is -2.11. The smallest absolute Gasteiger partial charge is 0.117 e. The second kappa shape index (κ2) is 4.53. The van der Waals surface area contributed by atoms with E-state index in [-0.39, 0.29) is 5.75 Å². The molecule has 0 saturated heterocycles. The van der Waals surface area contributed by atoms with Gasteiger partial charge in [-0.3, -0.25) is 0 Å². The molecule has 0 saturated carbocycles. The molecule has 0 fully saturated rings. The Labute approximate surface area is 94.5 Å². The average molecular weight is 219 g/mol. The molecule has 1 aromatic carbocycles. The van der Waals surface area contributed by atoms with Gasteiger partial charge in [-0.2, -0.15) is 0 Å². The minimum Gasteiger partial charge on any atom is -0.508 e. The van der Waals surface area contributed by atoms with Crippen molar-refractivity contribution in [2.75, 3.05) is 6.54 Å². The van der Waals surface area contributed by atoms with Crippen LogP contribution in [-0.2, 0) is 6.42 Å². The summed E-state index contributed by atoms with van der Waals surface area (Å²) in [6.45, 7) is 2.84. The van der Waals surface area contributed by atoms with Crippen molar-refractivity contribution >= 4 is 11.0 Å². The number of hydrogen-bond acceptors (Lipinski definition) is 3. The molecule has 2 rings (SSSR count). The highest BCUT2D eigenvalue weighted by atomic mass is 16.3. The largest absolute Gasteiger partial charge is 0.508 e. The van der Waals surface area contributed by atoms with Gasteiger partial charge in [-0.1, -0.05) is 6.92 Å². The molecule has 0 aliphatic carbocycles. The zero-order chi connectivity index (χ0) is 11.5. The number of nitrogens with one attached hydrogen (secondary N) is 1. The third kappa shape index (κ3) is 2.33. The number of aromatic hydroxyl groups is 1. The number of phenolic OH excluding ortho intramolecular Hbond substituents is 1. The van der Waals surface area contributed by atoms with Gasteiger partial charge in [0.05, 0.1) is 11.0 Å². The van der Waals surface area contributed by atoms with E-state index in [2.05, 4.69) is 16.9 Å². The summed E-state index contributed by atoms with van der Waals surface area (Å²) in [5.41, 5.74) is 7.35. The van der Waals surface area contributed by atoms with Gasteiger partial charge in [-0.15, -0.1) is 0 Å². The number of hydrogen-bond donors (Lipinski definition) is 3. The highest BCUT2D eigenvalue weighted by molar-refractivity contribution is 5.76. The molecule has 4 nitrogen and oxygen atoms in total. The zero-order valence-electron chi connectivity index (χ0n) is 9.40. The highest BCUT2D eigenvalue weighted by Gasteiger charge is 2.05. The van der Waals surface area contributed by atoms with Gasteiger partial charge in [0.15, 0.2) is 0 Å². The van der Waals surface area contributed by atoms with E-state index in [0.717, 1.165) is 29.7 Å². The predicted molar refractivity (Wildman–Crippen MR) is 64.3 cm³/mol. The molecule has 0 aliphatic rings. The Morgan fingerprint density at radius 3 is 3.06 bits per heavy atom. The van der Waals surface area contributed by atoms with Crippen molar-refractivity contribution in [1.82, 2.24) is 9.97 Å². The Hall–Kier alpha value is -1.55. The number of phenols is 1. The van der Waals surface area contributed by atoms with Crippen molar-refractivity contribution in [3.05, 3.63) is 24.0 Å². The fraction of sp³-hybridized carbons (Fsp3) is 0.417. The van der Waals surface area contributed by atoms with E-state index < -0.39 is 0 Å². The molecule has 1 aromatic heterocycles. The monoisotopic (exact) mass is 219 g/mol. The molecule has 0 spiro atoms. The van der Waals surface area contributed by atoms with E-state index in [1.54, 1.807) is 12.1 Å². The van der Waals surface area contributed by atoms with Gasteiger partial charge in [0.2, 0.25) is 0 Å². The molecule has 0 radical (unpaired) electrons. The molecule has 4 N–H and O–H groups in total. The number of aromatic nitrogens is 2. The van der Waals surface area contributed by atoms with Crippen LogP contribution < -0.4 is 5.73 Å². The number of nitrogens with zero attached hydrogens (tertiary/aromatic N) is 1. The first-order valence-electron chi connectivity index (χ1n) is 5.56. The fourth-order valence-electron chi connectivity index (χ4n) is 1.67. The van der Waals surface area contributed by atoms with Crippen LogP contribution in [0.1, 0.15) is 19.2 Å². The standard InChI is InChI=1S/C12H17N3O/c1-8(7-13)2-5-12-14-10-4-3-9(16)6-11(10)15-12/h3-4,6,8,16H,2,5,7,13H2,1H3,(H,14,15). The number of rotatable bonds is 4. The summed E-state index contributed by atoms with van der Waals surface area (Å²) < 4.78 is 0. The second-order valence-electron chi connectivity index (χ2n) is 4.26. The predicted octanol–water partition coefficient (Wildman–Crippen LogP) is 1.80. The molecular formula is C12H17N3O. The van der Waals surface area contributed by atoms with Gasteiger partial charge in [0.1, 0.15) is 11.6 Å². The zero-order valence-corrected chi connectivity index (χ0v) is 9.40. The van der Waals surface area contributed by atoms with Crippen LogP contribution in [0.5, 0.6) is 5.75 Å². The summed E-state index contributed by atoms with van der Waals surface area (Å²) in [4.78, 5) is 7.66. The SMILES string of the molecule is CC(CN)CCc1nc2ccc(O)cc2[nH]1. The topological polar surface area (TPSA) is 74.9 Å². The molecule has 16 heavy (non-hydrogen) atoms. The maximum atomic E-state index is 9.33. The number of fused-ring (bicyclic) bond motifs is 1. The van der Waals surface area contributed by atoms with Crippen LogP contribution in [0.2, 0.25) is 0 Å². The Morgan fingerprint density at radius 2 is 2.31 bits per heavy atom. The normalized spacial score (nSPS) is 13.1. The van der Waals surface area contributed by atoms with Gasteiger partial charge in [-0.25, -0.2) is 4.98 Å². The van der Waals surface area contributed by atoms with Crippen LogP contribution in [0.4, 0.5) is 0 Å². The first-order valence-corrected chi connectivity index (χ1v) is 5.56. The Morgan fingerprint density at radius 1 is 1.50 bits per heavy atom. The van der Waals surface area contributed by atoms with Gasteiger partial charge >= 0.3 is 0 Å². The van der Waals surface area contributed by atoms with Gasteiger partial charge in [0, 0.05) is 12.5 Å². The van der Waals surface area contributed by atoms with E-state index in [1.807, 2.05) is 6.07 Å². The van der Waals surface area contributed by atoms with E-state index >= 15 is 0 Å². The van der Waals surface area contributed by atoms with Crippen LogP contribution >= 0.6 is 0 Å². The molecule has 86 valence electrons. The number of benzene rings is 1. The third-order valence-electron chi connectivity index (χ3n) is 2.79. The van der Waals surface area contributed by atoms with Crippen molar-refractivity contribution in [3.8, 4) is 5.75 Å². The summed E-state index contributed by atoms with van der Waals surface area (Å²) in [5, 5.41) is 9.33. The van der Waals surface area contributed by atoms with Crippen LogP contribution in [0.15, 0.2) is 18.2 Å². The third-order valence-corrected chi connectivity index (χ3v) is 2.79. The molecule has 0 bridgehead atoms. The molecule has 1 unspecified atom stereocenters. The molecule has 2 aromatic rings. The number of aryl methyl sites for hydroxylation is 1. The minimum absolute atomic E-state index is 0.262. The molecule has 4 heteroatoms. The van der Waals surface area contributed by atoms with Crippen LogP contribution in [-0.4, -0.2) is 21.6 Å². The van der Waals surface area contributed by atoms with Crippen molar-refractivity contribution in [2.45, 2.75) is 19.8 Å². The Bertz CT molecular complexity index is 478. The van der Waals surface area contributed by atoms with Gasteiger partial charge in [0.25, 0.3) is 0 Å². The van der Waals surface area contributed by atoms with E-state index in [0.29, 0.717) is 12.5 Å². The number of aromatic amines is 1. The van der Waals surface area contributed by atoms with Crippen molar-refractivity contribution in [2.24, 2.45) is 11.7 Å². The summed E-state index contributed by atoms with van der Waals surface area (Å²) >= 11 is 0. The Kier molecular flexibility index (Phi) is 3.10. The van der Waals surface area contributed by atoms with E-state index in [4.69, 9.17) is 5.73 Å². The molecular weight excluding hydrogens is 202 g/mol. The lowest BCUT2D eigenvalue weighted by Gasteiger charge is -2.05. The van der Waals surface area contributed by atoms with Crippen molar-refractivity contribution in [1.29, 1.82) is 0 Å². The number of imidazole rings is 1. The molecule has 1 heterocycles. The lowest BCUT2D eigenvalue weighted by molar-refractivity contribution is 0.476. The summed E-state index contributed by atoms with van der Waals surface area (Å²) in [6.07, 6.45) is 1.93. The highest BCUT2D eigenvalue weighted by Crippen LogP contribution is 2.18. The van der Waals surface area contributed by atoms with E-state index in [9.17, 15) is 5.11 Å². The maximum absolute atomic E-state index is 9.33. The first-order chi connectivity index (χ1) is 7.69. The first kappa shape index (κ1) is 11.0. The van der Waals surface area contributed by atoms with Crippen molar-refractivity contribution < 1.29 is 5.11 Å².